The summed E-state index contributed by atoms with van der Waals surface area (Å²) in [7, 11) is 0. The van der Waals surface area contributed by atoms with E-state index in [4.69, 9.17) is 0 Å². The minimum Gasteiger partial charge on any atom is -0.494 e. The lowest BCUT2D eigenvalue weighted by Gasteiger charge is -2.10. The first-order chi connectivity index (χ1) is 11.0. The molecule has 6 nitrogen and oxygen atoms in total. The smallest absolute Gasteiger partial charge is 0.331 e. The summed E-state index contributed by atoms with van der Waals surface area (Å²) in [5.41, 5.74) is -0.424. The third kappa shape index (κ3) is 3.03. The van der Waals surface area contributed by atoms with Crippen LogP contribution in [0.25, 0.3) is 6.08 Å². The summed E-state index contributed by atoms with van der Waals surface area (Å²) in [5.74, 6) is -0.867. The number of halogens is 1. The predicted octanol–water partition coefficient (Wildman–Crippen LogP) is 1.41. The van der Waals surface area contributed by atoms with Crippen molar-refractivity contribution in [3.05, 3.63) is 79.9 Å². The van der Waals surface area contributed by atoms with Crippen molar-refractivity contribution >= 4 is 12.3 Å². The molecule has 0 bridgehead atoms. The monoisotopic (exact) mass is 313 g/mol. The maximum atomic E-state index is 12.9. The van der Waals surface area contributed by atoms with Crippen LogP contribution >= 0.6 is 0 Å². The molecule has 1 aromatic heterocycles. The molecule has 3 rings (SSSR count). The van der Waals surface area contributed by atoms with Crippen molar-refractivity contribution in [2.75, 3.05) is 0 Å². The van der Waals surface area contributed by atoms with Crippen LogP contribution in [0.3, 0.4) is 0 Å². The number of hydrogen-bond acceptors (Lipinski definition) is 4. The number of aromatic amines is 1. The molecule has 0 fully saturated rings. The quantitative estimate of drug-likeness (QED) is 0.898. The zero-order valence-corrected chi connectivity index (χ0v) is 11.9. The van der Waals surface area contributed by atoms with Gasteiger partial charge in [0, 0.05) is 6.21 Å². The van der Waals surface area contributed by atoms with Gasteiger partial charge in [-0.05, 0) is 35.9 Å². The van der Waals surface area contributed by atoms with E-state index in [0.717, 1.165) is 4.57 Å². The molecule has 0 unspecified atom stereocenters. The second kappa shape index (κ2) is 5.88. The van der Waals surface area contributed by atoms with Gasteiger partial charge in [-0.2, -0.15) is 0 Å². The number of nitrogens with one attached hydrogen (secondary N) is 1. The van der Waals surface area contributed by atoms with Crippen LogP contribution in [0.15, 0.2) is 56.7 Å². The second-order valence-corrected chi connectivity index (χ2v) is 4.92. The van der Waals surface area contributed by atoms with Crippen LogP contribution in [0.1, 0.15) is 11.1 Å². The summed E-state index contributed by atoms with van der Waals surface area (Å²) in [6.07, 6.45) is 6.28. The number of aliphatic imine (C=N–C) groups is 1. The molecule has 23 heavy (non-hydrogen) atoms. The van der Waals surface area contributed by atoms with Crippen LogP contribution in [-0.2, 0) is 6.54 Å². The number of nitrogens with zero attached hydrogens (tertiary/aromatic N) is 2. The van der Waals surface area contributed by atoms with Crippen molar-refractivity contribution in [1.29, 1.82) is 0 Å². The number of allylic oxidation sites excluding steroid dienone is 2. The van der Waals surface area contributed by atoms with Gasteiger partial charge in [-0.3, -0.25) is 19.3 Å². The standard InChI is InChI=1S/C16H12FN3O3/c17-11-5-3-10(4-6-11)9-20-15(22)13(14(21)19-16(20)23)8-12-2-1-7-18-12/h1-8,22H,9H2,(H,19,21,23)/b12-8+. The third-order valence-electron chi connectivity index (χ3n) is 3.33. The largest absolute Gasteiger partial charge is 0.494 e. The third-order valence-corrected chi connectivity index (χ3v) is 3.33. The van der Waals surface area contributed by atoms with Crippen LogP contribution in [0.5, 0.6) is 5.88 Å². The van der Waals surface area contributed by atoms with Crippen molar-refractivity contribution in [3.8, 4) is 5.88 Å². The Bertz CT molecular complexity index is 936. The fourth-order valence-electron chi connectivity index (χ4n) is 2.17. The Morgan fingerprint density at radius 2 is 2.00 bits per heavy atom. The summed E-state index contributed by atoms with van der Waals surface area (Å²) in [6.45, 7) is -0.00297. The highest BCUT2D eigenvalue weighted by atomic mass is 19.1. The summed E-state index contributed by atoms with van der Waals surface area (Å²) < 4.78 is 13.9. The minimum absolute atomic E-state index is 0.00297. The van der Waals surface area contributed by atoms with Crippen molar-refractivity contribution in [2.24, 2.45) is 4.99 Å². The highest BCUT2D eigenvalue weighted by Gasteiger charge is 2.13. The zero-order valence-electron chi connectivity index (χ0n) is 11.9. The number of H-pyrrole nitrogens is 1. The van der Waals surface area contributed by atoms with Gasteiger partial charge in [0.2, 0.25) is 5.88 Å². The molecule has 0 saturated heterocycles. The van der Waals surface area contributed by atoms with Gasteiger partial charge < -0.3 is 5.11 Å². The first-order valence-corrected chi connectivity index (χ1v) is 6.77. The topological polar surface area (TPSA) is 87.5 Å². The molecule has 0 atom stereocenters. The lowest BCUT2D eigenvalue weighted by molar-refractivity contribution is 0.407. The van der Waals surface area contributed by atoms with Gasteiger partial charge in [-0.25, -0.2) is 9.18 Å². The first kappa shape index (κ1) is 14.7. The molecule has 0 amide bonds. The van der Waals surface area contributed by atoms with E-state index in [2.05, 4.69) is 9.98 Å². The molecule has 2 aromatic rings. The van der Waals surface area contributed by atoms with Crippen molar-refractivity contribution < 1.29 is 9.50 Å². The van der Waals surface area contributed by atoms with Crippen molar-refractivity contribution in [1.82, 2.24) is 9.55 Å². The fraction of sp³-hybridized carbons (Fsp3) is 0.0625. The molecule has 0 aliphatic carbocycles. The minimum atomic E-state index is -0.746. The molecular weight excluding hydrogens is 301 g/mol. The van der Waals surface area contributed by atoms with Gasteiger partial charge >= 0.3 is 5.69 Å². The molecular formula is C16H12FN3O3. The maximum absolute atomic E-state index is 12.9. The highest BCUT2D eigenvalue weighted by Crippen LogP contribution is 2.17. The fourth-order valence-corrected chi connectivity index (χ4v) is 2.17. The Morgan fingerprint density at radius 1 is 1.26 bits per heavy atom. The van der Waals surface area contributed by atoms with Gasteiger partial charge in [0.1, 0.15) is 11.4 Å². The Hall–Kier alpha value is -3.22. The number of benzene rings is 1. The van der Waals surface area contributed by atoms with Gasteiger partial charge in [0.25, 0.3) is 5.56 Å². The molecule has 2 heterocycles. The van der Waals surface area contributed by atoms with E-state index in [1.807, 2.05) is 0 Å². The normalized spacial score (nSPS) is 14.7. The van der Waals surface area contributed by atoms with Crippen LogP contribution in [0.2, 0.25) is 0 Å². The molecule has 2 N–H and O–H groups in total. The van der Waals surface area contributed by atoms with E-state index >= 15 is 0 Å². The van der Waals surface area contributed by atoms with Crippen LogP contribution in [0.4, 0.5) is 4.39 Å². The van der Waals surface area contributed by atoms with Gasteiger partial charge in [0.05, 0.1) is 12.2 Å². The van der Waals surface area contributed by atoms with E-state index in [-0.39, 0.29) is 12.1 Å². The predicted molar refractivity (Wildman–Crippen MR) is 84.1 cm³/mol. The van der Waals surface area contributed by atoms with E-state index in [9.17, 15) is 19.1 Å². The Labute approximate surface area is 129 Å². The van der Waals surface area contributed by atoms with E-state index in [0.29, 0.717) is 11.3 Å². The number of aromatic hydroxyl groups is 1. The van der Waals surface area contributed by atoms with Gasteiger partial charge in [-0.1, -0.05) is 12.1 Å². The Kier molecular flexibility index (Phi) is 3.76. The Balaban J connectivity index is 2.07. The van der Waals surface area contributed by atoms with E-state index < -0.39 is 22.9 Å². The average Bonchev–Trinajstić information content (AvgIpc) is 3.03. The number of rotatable bonds is 3. The molecule has 0 spiro atoms. The zero-order chi connectivity index (χ0) is 16.4. The Morgan fingerprint density at radius 3 is 2.65 bits per heavy atom. The molecule has 0 radical (unpaired) electrons. The number of hydrogen-bond donors (Lipinski definition) is 2. The maximum Gasteiger partial charge on any atom is 0.331 e. The summed E-state index contributed by atoms with van der Waals surface area (Å²) in [4.78, 5) is 30.0. The lowest BCUT2D eigenvalue weighted by atomic mass is 10.2. The molecule has 0 saturated carbocycles. The summed E-state index contributed by atoms with van der Waals surface area (Å²) >= 11 is 0. The molecule has 1 aliphatic rings. The van der Waals surface area contributed by atoms with Gasteiger partial charge in [0.15, 0.2) is 0 Å². The van der Waals surface area contributed by atoms with Gasteiger partial charge in [-0.15, -0.1) is 0 Å². The number of aromatic nitrogens is 2. The SMILES string of the molecule is O=c1[nH]c(=O)n(Cc2ccc(F)cc2)c(O)c1/C=C1\C=CC=N1. The van der Waals surface area contributed by atoms with E-state index in [1.165, 1.54) is 30.3 Å². The molecule has 116 valence electrons. The summed E-state index contributed by atoms with van der Waals surface area (Å²) in [5, 5.41) is 10.3. The average molecular weight is 313 g/mol. The van der Waals surface area contributed by atoms with Crippen LogP contribution in [0, 0.1) is 5.82 Å². The van der Waals surface area contributed by atoms with Crippen LogP contribution in [-0.4, -0.2) is 20.9 Å². The first-order valence-electron chi connectivity index (χ1n) is 6.77. The van der Waals surface area contributed by atoms with E-state index in [1.54, 1.807) is 18.4 Å². The summed E-state index contributed by atoms with van der Waals surface area (Å²) in [6, 6.07) is 5.50. The highest BCUT2D eigenvalue weighted by molar-refractivity contribution is 5.79. The molecule has 1 aromatic carbocycles. The van der Waals surface area contributed by atoms with Crippen molar-refractivity contribution in [3.63, 3.8) is 0 Å². The molecule has 1 aliphatic heterocycles. The van der Waals surface area contributed by atoms with Crippen molar-refractivity contribution in [2.45, 2.75) is 6.54 Å². The second-order valence-electron chi connectivity index (χ2n) is 4.92. The van der Waals surface area contributed by atoms with Crippen LogP contribution < -0.4 is 11.2 Å². The molecule has 7 heteroatoms. The lowest BCUT2D eigenvalue weighted by Crippen LogP contribution is -2.31.